The first kappa shape index (κ1) is 6.66. The lowest BCUT2D eigenvalue weighted by atomic mass is 10.6. The maximum absolute atomic E-state index is 8.20. The summed E-state index contributed by atoms with van der Waals surface area (Å²) in [6, 6.07) is 0. The van der Waals surface area contributed by atoms with E-state index in [1.165, 1.54) is 0 Å². The Morgan fingerprint density at radius 2 is 2.43 bits per heavy atom. The molecule has 1 N–H and O–H groups in total. The third kappa shape index (κ3) is 5.66. The van der Waals surface area contributed by atoms with Crippen molar-refractivity contribution in [3.63, 3.8) is 0 Å². The topological polar surface area (TPSA) is 34.3 Å². The van der Waals surface area contributed by atoms with Crippen molar-refractivity contribution < 1.29 is 0 Å². The van der Waals surface area contributed by atoms with E-state index in [1.54, 1.807) is 6.08 Å². The Kier molecular flexibility index (Phi) is 5.39. The summed E-state index contributed by atoms with van der Waals surface area (Å²) in [5.41, 5.74) is 8.20. The molecule has 7 heavy (non-hydrogen) atoms. The fourth-order valence-corrected chi connectivity index (χ4v) is 0.283. The van der Waals surface area contributed by atoms with Gasteiger partial charge in [-0.25, -0.2) is 0 Å². The highest BCUT2D eigenvalue weighted by molar-refractivity contribution is 4.68. The molecule has 0 bridgehead atoms. The first-order valence-electron chi connectivity index (χ1n) is 2.34. The Morgan fingerprint density at radius 3 is 2.86 bits per heavy atom. The molecule has 0 amide bonds. The van der Waals surface area contributed by atoms with E-state index >= 15 is 0 Å². The summed E-state index contributed by atoms with van der Waals surface area (Å²) < 4.78 is 0. The quantitative estimate of drug-likeness (QED) is 0.384. The van der Waals surface area contributed by atoms with Crippen molar-refractivity contribution in [2.45, 2.75) is 0 Å². The van der Waals surface area contributed by atoms with Gasteiger partial charge in [-0.3, -0.25) is 0 Å². The van der Waals surface area contributed by atoms with E-state index < -0.39 is 0 Å². The molecule has 0 heterocycles. The summed E-state index contributed by atoms with van der Waals surface area (Å²) in [5.74, 6) is 0. The molecule has 0 saturated carbocycles. The third-order valence-corrected chi connectivity index (χ3v) is 0.577. The first-order chi connectivity index (χ1) is 3.41. The van der Waals surface area contributed by atoms with Crippen molar-refractivity contribution in [2.24, 2.45) is 0 Å². The molecule has 0 fully saturated rings. The summed E-state index contributed by atoms with van der Waals surface area (Å²) in [7, 11) is 0. The second-order valence-corrected chi connectivity index (χ2v) is 1.22. The fourth-order valence-electron chi connectivity index (χ4n) is 0.283. The van der Waals surface area contributed by atoms with Gasteiger partial charge in [0, 0.05) is 19.6 Å². The number of rotatable bonds is 4. The van der Waals surface area contributed by atoms with Crippen LogP contribution in [0.25, 0.3) is 0 Å². The van der Waals surface area contributed by atoms with Crippen LogP contribution in [-0.2, 0) is 0 Å². The van der Waals surface area contributed by atoms with Gasteiger partial charge in [0.1, 0.15) is 0 Å². The summed E-state index contributed by atoms with van der Waals surface area (Å²) in [6.45, 7) is 5.13. The number of hydrogen-bond acceptors (Lipinski definition) is 1. The predicted molar refractivity (Wildman–Crippen MR) is 30.1 cm³/mol. The van der Waals surface area contributed by atoms with Gasteiger partial charge >= 0.3 is 0 Å². The van der Waals surface area contributed by atoms with Crippen LogP contribution in [0.1, 0.15) is 0 Å². The van der Waals surface area contributed by atoms with Gasteiger partial charge in [0.05, 0.1) is 0 Å². The molecule has 0 aromatic rings. The van der Waals surface area contributed by atoms with Crippen LogP contribution in [0.4, 0.5) is 0 Å². The average Bonchev–Trinajstić information content (AvgIpc) is 1.69. The first-order valence-corrected chi connectivity index (χ1v) is 2.34. The lowest BCUT2D eigenvalue weighted by Crippen LogP contribution is -2.18. The zero-order valence-corrected chi connectivity index (χ0v) is 4.35. The van der Waals surface area contributed by atoms with Gasteiger partial charge in [-0.1, -0.05) is 6.08 Å². The number of hydrogen-bond donors (Lipinski definition) is 1. The average molecular weight is 98.1 g/mol. The van der Waals surface area contributed by atoms with Gasteiger partial charge in [0.2, 0.25) is 0 Å². The van der Waals surface area contributed by atoms with Gasteiger partial charge in [0.25, 0.3) is 0 Å². The minimum Gasteiger partial charge on any atom is -0.312 e. The molecule has 2 heteroatoms. The van der Waals surface area contributed by atoms with Gasteiger partial charge in [-0.2, -0.15) is 0 Å². The normalized spacial score (nSPS) is 8.71. The number of nitrogens with zero attached hydrogens (tertiary/aromatic N) is 1. The molecule has 0 aromatic carbocycles. The number of nitrogens with one attached hydrogen (secondary N) is 1. The molecule has 0 saturated heterocycles. The Morgan fingerprint density at radius 1 is 1.71 bits per heavy atom. The summed E-state index contributed by atoms with van der Waals surface area (Å²) in [5, 5.41) is 2.92. The molecular weight excluding hydrogens is 88.1 g/mol. The lowest BCUT2D eigenvalue weighted by molar-refractivity contribution is 0.746. The molecule has 0 spiro atoms. The Labute approximate surface area is 44.4 Å². The fraction of sp³-hybridized carbons (Fsp3) is 0.600. The van der Waals surface area contributed by atoms with Crippen LogP contribution < -0.4 is 11.1 Å². The highest BCUT2D eigenvalue weighted by Crippen LogP contribution is 1.56. The summed E-state index contributed by atoms with van der Waals surface area (Å²) in [4.78, 5) is 0. The molecular formula is C5H10N2. The van der Waals surface area contributed by atoms with Crippen LogP contribution in [0.3, 0.4) is 0 Å². The van der Waals surface area contributed by atoms with Crippen LogP contribution in [0.2, 0.25) is 0 Å². The maximum atomic E-state index is 8.20. The largest absolute Gasteiger partial charge is 0.312 e. The molecule has 0 rings (SSSR count). The van der Waals surface area contributed by atoms with E-state index in [0.717, 1.165) is 6.54 Å². The van der Waals surface area contributed by atoms with Crippen molar-refractivity contribution in [1.82, 2.24) is 11.1 Å². The van der Waals surface area contributed by atoms with Crippen LogP contribution in [0.5, 0.6) is 0 Å². The second kappa shape index (κ2) is 5.66. The van der Waals surface area contributed by atoms with Crippen LogP contribution in [-0.4, -0.2) is 19.6 Å². The molecule has 0 aliphatic heterocycles. The molecule has 0 aromatic heterocycles. The van der Waals surface area contributed by atoms with E-state index in [-0.39, 0.29) is 6.54 Å². The SMILES string of the molecule is C=CCNCC[N]. The van der Waals surface area contributed by atoms with E-state index in [2.05, 4.69) is 11.9 Å². The van der Waals surface area contributed by atoms with Crippen LogP contribution >= 0.6 is 0 Å². The van der Waals surface area contributed by atoms with E-state index in [9.17, 15) is 0 Å². The van der Waals surface area contributed by atoms with Gasteiger partial charge < -0.3 is 5.32 Å². The molecule has 0 unspecified atom stereocenters. The lowest BCUT2D eigenvalue weighted by Gasteiger charge is -1.91. The zero-order chi connectivity index (χ0) is 5.54. The standard InChI is InChI=1S/C5H10N2/c1-2-4-7-5-3-6/h2,7H,1,3-5H2. The second-order valence-electron chi connectivity index (χ2n) is 1.22. The van der Waals surface area contributed by atoms with Crippen LogP contribution in [0, 0.1) is 0 Å². The summed E-state index contributed by atoms with van der Waals surface area (Å²) in [6.07, 6.45) is 1.76. The molecule has 2 nitrogen and oxygen atoms in total. The molecule has 2 radical (unpaired) electrons. The van der Waals surface area contributed by atoms with E-state index in [0.29, 0.717) is 6.54 Å². The molecule has 40 valence electrons. The Hall–Kier alpha value is -0.340. The third-order valence-electron chi connectivity index (χ3n) is 0.577. The molecule has 0 aliphatic rings. The maximum Gasteiger partial charge on any atom is 0.0446 e. The van der Waals surface area contributed by atoms with Gasteiger partial charge in [0.15, 0.2) is 0 Å². The Balaban J connectivity index is 2.56. The van der Waals surface area contributed by atoms with Crippen molar-refractivity contribution in [3.8, 4) is 0 Å². The monoisotopic (exact) mass is 98.1 g/mol. The van der Waals surface area contributed by atoms with E-state index in [1.807, 2.05) is 0 Å². The molecule has 0 atom stereocenters. The van der Waals surface area contributed by atoms with E-state index in [4.69, 9.17) is 5.73 Å². The Bertz CT molecular complexity index is 43.3. The summed E-state index contributed by atoms with van der Waals surface area (Å²) >= 11 is 0. The highest BCUT2D eigenvalue weighted by atomic mass is 14.9. The minimum atomic E-state index is 0.202. The van der Waals surface area contributed by atoms with Crippen molar-refractivity contribution in [3.05, 3.63) is 12.7 Å². The molecule has 0 aliphatic carbocycles. The highest BCUT2D eigenvalue weighted by Gasteiger charge is 1.75. The smallest absolute Gasteiger partial charge is 0.0446 e. The van der Waals surface area contributed by atoms with Crippen molar-refractivity contribution in [1.29, 1.82) is 0 Å². The predicted octanol–water partition coefficient (Wildman–Crippen LogP) is -0.169. The minimum absolute atomic E-state index is 0.202. The van der Waals surface area contributed by atoms with Gasteiger partial charge in [-0.05, 0) is 0 Å². The zero-order valence-electron chi connectivity index (χ0n) is 4.35. The van der Waals surface area contributed by atoms with Crippen molar-refractivity contribution >= 4 is 0 Å². The van der Waals surface area contributed by atoms with Crippen molar-refractivity contribution in [2.75, 3.05) is 19.6 Å². The van der Waals surface area contributed by atoms with Gasteiger partial charge in [-0.15, -0.1) is 12.3 Å². The van der Waals surface area contributed by atoms with Crippen LogP contribution in [0.15, 0.2) is 12.7 Å².